The zero-order chi connectivity index (χ0) is 18.1. The number of amides is 1. The fourth-order valence-electron chi connectivity index (χ4n) is 2.13. The summed E-state index contributed by atoms with van der Waals surface area (Å²) < 4.78 is 0.822. The molecule has 0 saturated heterocycles. The minimum absolute atomic E-state index is 0.106. The van der Waals surface area contributed by atoms with Crippen molar-refractivity contribution < 1.29 is 4.79 Å². The van der Waals surface area contributed by atoms with Crippen molar-refractivity contribution in [3.05, 3.63) is 61.4 Å². The maximum Gasteiger partial charge on any atom is 0.269 e. The smallest absolute Gasteiger partial charge is 0.269 e. The Labute approximate surface area is 172 Å². The average Bonchev–Trinajstić information content (AvgIpc) is 2.82. The molecule has 1 amide bonds. The Morgan fingerprint density at radius 2 is 1.64 bits per heavy atom. The predicted molar refractivity (Wildman–Crippen MR) is 112 cm³/mol. The van der Waals surface area contributed by atoms with E-state index in [1.807, 2.05) is 0 Å². The van der Waals surface area contributed by atoms with E-state index in [1.54, 1.807) is 36.4 Å². The Bertz CT molecular complexity index is 983. The van der Waals surface area contributed by atoms with Gasteiger partial charge in [0.2, 0.25) is 0 Å². The van der Waals surface area contributed by atoms with Crippen LogP contribution in [0.25, 0.3) is 10.1 Å². The predicted octanol–water partition coefficient (Wildman–Crippen LogP) is 6.64. The molecule has 2 aromatic carbocycles. The van der Waals surface area contributed by atoms with Crippen molar-refractivity contribution in [1.29, 1.82) is 0 Å². The topological polar surface area (TPSA) is 41.1 Å². The number of thiophene rings is 1. The van der Waals surface area contributed by atoms with E-state index in [1.165, 1.54) is 11.3 Å². The zero-order valence-electron chi connectivity index (χ0n) is 12.2. The van der Waals surface area contributed by atoms with Crippen molar-refractivity contribution in [2.24, 2.45) is 0 Å². The molecule has 1 heterocycles. The van der Waals surface area contributed by atoms with Crippen LogP contribution in [0.15, 0.2) is 36.4 Å². The van der Waals surface area contributed by atoms with Gasteiger partial charge in [-0.15, -0.1) is 11.3 Å². The summed E-state index contributed by atoms with van der Waals surface area (Å²) in [5, 5.41) is 8.16. The van der Waals surface area contributed by atoms with Gasteiger partial charge < -0.3 is 5.32 Å². The minimum atomic E-state index is -0.409. The van der Waals surface area contributed by atoms with E-state index < -0.39 is 5.91 Å². The molecule has 3 rings (SSSR count). The zero-order valence-corrected chi connectivity index (χ0v) is 16.9. The maximum absolute atomic E-state index is 12.5. The van der Waals surface area contributed by atoms with Crippen LogP contribution in [0.1, 0.15) is 9.67 Å². The van der Waals surface area contributed by atoms with Crippen LogP contribution in [0, 0.1) is 0 Å². The van der Waals surface area contributed by atoms with Gasteiger partial charge in [0.15, 0.2) is 5.11 Å². The summed E-state index contributed by atoms with van der Waals surface area (Å²) in [6.45, 7) is 0. The highest BCUT2D eigenvalue weighted by atomic mass is 35.5. The lowest BCUT2D eigenvalue weighted by Crippen LogP contribution is -2.33. The van der Waals surface area contributed by atoms with Crippen molar-refractivity contribution in [2.75, 3.05) is 5.32 Å². The van der Waals surface area contributed by atoms with Gasteiger partial charge in [0, 0.05) is 30.8 Å². The summed E-state index contributed by atoms with van der Waals surface area (Å²) in [4.78, 5) is 12.8. The molecule has 2 N–H and O–H groups in total. The number of carbonyl (C=O) groups excluding carboxylic acids is 1. The van der Waals surface area contributed by atoms with E-state index in [-0.39, 0.29) is 5.11 Å². The van der Waals surface area contributed by atoms with Gasteiger partial charge in [-0.1, -0.05) is 52.5 Å². The summed E-state index contributed by atoms with van der Waals surface area (Å²) in [6.07, 6.45) is 0. The van der Waals surface area contributed by atoms with Gasteiger partial charge in [-0.2, -0.15) is 0 Å². The first-order chi connectivity index (χ1) is 11.8. The first kappa shape index (κ1) is 18.7. The summed E-state index contributed by atoms with van der Waals surface area (Å²) >= 11 is 30.5. The number of benzene rings is 2. The molecular weight excluding hydrogens is 442 g/mol. The highest BCUT2D eigenvalue weighted by molar-refractivity contribution is 7.80. The fourth-order valence-corrected chi connectivity index (χ4v) is 4.56. The van der Waals surface area contributed by atoms with Gasteiger partial charge in [-0.25, -0.2) is 0 Å². The van der Waals surface area contributed by atoms with Crippen LogP contribution >= 0.6 is 70.0 Å². The van der Waals surface area contributed by atoms with Crippen LogP contribution in [-0.4, -0.2) is 11.0 Å². The van der Waals surface area contributed by atoms with Gasteiger partial charge in [0.25, 0.3) is 5.91 Å². The second-order valence-corrected chi connectivity index (χ2v) is 8.10. The first-order valence-electron chi connectivity index (χ1n) is 6.79. The lowest BCUT2D eigenvalue weighted by molar-refractivity contribution is 0.0982. The van der Waals surface area contributed by atoms with Crippen molar-refractivity contribution in [2.45, 2.75) is 0 Å². The summed E-state index contributed by atoms with van der Waals surface area (Å²) in [7, 11) is 0. The summed E-state index contributed by atoms with van der Waals surface area (Å²) in [5.74, 6) is -0.409. The number of hydrogen-bond acceptors (Lipinski definition) is 3. The Balaban J connectivity index is 1.77. The quantitative estimate of drug-likeness (QED) is 0.430. The number of fused-ring (bicyclic) bond motifs is 1. The van der Waals surface area contributed by atoms with Crippen molar-refractivity contribution in [3.8, 4) is 0 Å². The lowest BCUT2D eigenvalue weighted by Gasteiger charge is -2.09. The van der Waals surface area contributed by atoms with Crippen LogP contribution in [0.4, 0.5) is 5.69 Å². The lowest BCUT2D eigenvalue weighted by atomic mass is 10.2. The largest absolute Gasteiger partial charge is 0.332 e. The Morgan fingerprint density at radius 1 is 0.960 bits per heavy atom. The van der Waals surface area contributed by atoms with Gasteiger partial charge in [-0.3, -0.25) is 10.1 Å². The highest BCUT2D eigenvalue weighted by Crippen LogP contribution is 2.36. The third-order valence-corrected chi connectivity index (χ3v) is 5.68. The van der Waals surface area contributed by atoms with Crippen molar-refractivity contribution in [3.63, 3.8) is 0 Å². The number of rotatable bonds is 2. The average molecular weight is 450 g/mol. The summed E-state index contributed by atoms with van der Waals surface area (Å²) in [5.41, 5.74) is 0.567. The molecular formula is C16H8Cl4N2OS2. The second-order valence-electron chi connectivity index (χ2n) is 4.95. The Kier molecular flexibility index (Phi) is 5.73. The maximum atomic E-state index is 12.5. The van der Waals surface area contributed by atoms with Gasteiger partial charge in [0.1, 0.15) is 4.88 Å². The molecule has 0 bridgehead atoms. The molecule has 0 aliphatic rings. The molecule has 0 aliphatic heterocycles. The van der Waals surface area contributed by atoms with Gasteiger partial charge in [-0.05, 0) is 42.5 Å². The third kappa shape index (κ3) is 4.37. The molecule has 0 fully saturated rings. The molecule has 0 aliphatic carbocycles. The van der Waals surface area contributed by atoms with E-state index in [4.69, 9.17) is 58.6 Å². The number of hydrogen-bond donors (Lipinski definition) is 2. The van der Waals surface area contributed by atoms with E-state index in [2.05, 4.69) is 10.6 Å². The molecule has 0 spiro atoms. The fraction of sp³-hybridized carbons (Fsp3) is 0. The van der Waals surface area contributed by atoms with Crippen molar-refractivity contribution in [1.82, 2.24) is 5.32 Å². The number of thiocarbonyl (C=S) groups is 1. The van der Waals surface area contributed by atoms with Crippen LogP contribution in [-0.2, 0) is 0 Å². The molecule has 0 atom stereocenters. The Hall–Kier alpha value is -1.08. The molecule has 3 nitrogen and oxygen atoms in total. The van der Waals surface area contributed by atoms with E-state index in [9.17, 15) is 4.79 Å². The molecule has 25 heavy (non-hydrogen) atoms. The van der Waals surface area contributed by atoms with Crippen molar-refractivity contribution >= 4 is 96.8 Å². The summed E-state index contributed by atoms with van der Waals surface area (Å²) in [6, 6.07) is 10.1. The molecule has 0 radical (unpaired) electrons. The molecule has 128 valence electrons. The van der Waals surface area contributed by atoms with Crippen LogP contribution < -0.4 is 10.6 Å². The van der Waals surface area contributed by atoms with E-state index >= 15 is 0 Å². The number of carbonyl (C=O) groups is 1. The monoisotopic (exact) mass is 448 g/mol. The van der Waals surface area contributed by atoms with Gasteiger partial charge >= 0.3 is 0 Å². The van der Waals surface area contributed by atoms with Crippen LogP contribution in [0.3, 0.4) is 0 Å². The highest BCUT2D eigenvalue weighted by Gasteiger charge is 2.18. The number of anilines is 1. The van der Waals surface area contributed by atoms with Gasteiger partial charge in [0.05, 0.1) is 5.02 Å². The standard InChI is InChI=1S/C16H8Cl4N2OS2/c17-7-1-2-11-12(6-7)25-14(13(11)20)15(23)22-16(24)21-10-4-8(18)3-9(19)5-10/h1-6H,(H2,21,22,23,24). The first-order valence-corrected chi connectivity index (χ1v) is 9.53. The minimum Gasteiger partial charge on any atom is -0.332 e. The van der Waals surface area contributed by atoms with E-state index in [0.717, 1.165) is 10.1 Å². The van der Waals surface area contributed by atoms with E-state index in [0.29, 0.717) is 30.7 Å². The Morgan fingerprint density at radius 3 is 2.32 bits per heavy atom. The molecule has 9 heteroatoms. The third-order valence-electron chi connectivity index (χ3n) is 3.15. The molecule has 0 unspecified atom stereocenters. The van der Waals surface area contributed by atoms with Crippen LogP contribution in [0.5, 0.6) is 0 Å². The van der Waals surface area contributed by atoms with Crippen LogP contribution in [0.2, 0.25) is 20.1 Å². The molecule has 0 saturated carbocycles. The number of halogens is 4. The normalized spacial score (nSPS) is 10.7. The second kappa shape index (κ2) is 7.66. The SMILES string of the molecule is O=C(NC(=S)Nc1cc(Cl)cc(Cl)c1)c1sc2cc(Cl)ccc2c1Cl. The number of nitrogens with one attached hydrogen (secondary N) is 2. The molecule has 1 aromatic heterocycles. The molecule has 3 aromatic rings.